The summed E-state index contributed by atoms with van der Waals surface area (Å²) in [6.07, 6.45) is 4.89. The molecular weight excluding hydrogens is 254 g/mol. The van der Waals surface area contributed by atoms with Crippen molar-refractivity contribution in [1.82, 2.24) is 5.32 Å². The average Bonchev–Trinajstić information content (AvgIpc) is 2.49. The highest BCUT2D eigenvalue weighted by Crippen LogP contribution is 2.27. The first-order valence-corrected chi connectivity index (χ1v) is 7.35. The first kappa shape index (κ1) is 15.1. The van der Waals surface area contributed by atoms with Crippen LogP contribution in [0.15, 0.2) is 18.2 Å². The molecule has 1 saturated carbocycles. The van der Waals surface area contributed by atoms with Crippen LogP contribution in [0.5, 0.6) is 11.5 Å². The summed E-state index contributed by atoms with van der Waals surface area (Å²) >= 11 is 0. The van der Waals surface area contributed by atoms with Crippen molar-refractivity contribution in [3.63, 3.8) is 0 Å². The molecule has 1 aromatic carbocycles. The van der Waals surface area contributed by atoms with Gasteiger partial charge in [-0.05, 0) is 56.3 Å². The van der Waals surface area contributed by atoms with Crippen LogP contribution in [-0.2, 0) is 6.42 Å². The minimum atomic E-state index is -0.0844. The molecule has 1 aliphatic carbocycles. The van der Waals surface area contributed by atoms with Crippen molar-refractivity contribution >= 4 is 0 Å². The van der Waals surface area contributed by atoms with Crippen molar-refractivity contribution in [3.8, 4) is 11.5 Å². The van der Waals surface area contributed by atoms with E-state index in [4.69, 9.17) is 9.47 Å². The van der Waals surface area contributed by atoms with Crippen molar-refractivity contribution in [2.75, 3.05) is 20.8 Å². The lowest BCUT2D eigenvalue weighted by molar-refractivity contribution is 0.117. The van der Waals surface area contributed by atoms with Crippen LogP contribution in [0.25, 0.3) is 0 Å². The van der Waals surface area contributed by atoms with Gasteiger partial charge in [-0.15, -0.1) is 0 Å². The number of aliphatic hydroxyl groups excluding tert-OH is 1. The summed E-state index contributed by atoms with van der Waals surface area (Å²) < 4.78 is 10.5. The molecule has 0 aromatic heterocycles. The lowest BCUT2D eigenvalue weighted by Gasteiger charge is -2.26. The fraction of sp³-hybridized carbons (Fsp3) is 0.625. The minimum Gasteiger partial charge on any atom is -0.493 e. The normalized spacial score (nSPS) is 22.6. The molecule has 0 radical (unpaired) electrons. The minimum absolute atomic E-state index is 0.0844. The quantitative estimate of drug-likeness (QED) is 0.837. The van der Waals surface area contributed by atoms with Crippen LogP contribution in [0.2, 0.25) is 0 Å². The Morgan fingerprint density at radius 3 is 2.45 bits per heavy atom. The molecule has 1 fully saturated rings. The smallest absolute Gasteiger partial charge is 0.160 e. The zero-order chi connectivity index (χ0) is 14.4. The van der Waals surface area contributed by atoms with E-state index in [0.29, 0.717) is 6.04 Å². The zero-order valence-electron chi connectivity index (χ0n) is 12.4. The van der Waals surface area contributed by atoms with E-state index in [1.54, 1.807) is 14.2 Å². The lowest BCUT2D eigenvalue weighted by Crippen LogP contribution is -2.35. The highest BCUT2D eigenvalue weighted by molar-refractivity contribution is 5.42. The maximum absolute atomic E-state index is 9.48. The summed E-state index contributed by atoms with van der Waals surface area (Å²) in [5.74, 6) is 1.55. The standard InChI is InChI=1S/C16H25NO3/c1-19-15-8-3-12(11-16(15)20-2)9-10-17-13-4-6-14(18)7-5-13/h3,8,11,13-14,17-18H,4-7,9-10H2,1-2H3. The van der Waals surface area contributed by atoms with Crippen molar-refractivity contribution in [3.05, 3.63) is 23.8 Å². The van der Waals surface area contributed by atoms with Gasteiger partial charge >= 0.3 is 0 Å². The molecule has 2 N–H and O–H groups in total. The predicted octanol–water partition coefficient (Wildman–Crippen LogP) is 2.14. The van der Waals surface area contributed by atoms with Gasteiger partial charge in [0.25, 0.3) is 0 Å². The van der Waals surface area contributed by atoms with Gasteiger partial charge in [-0.25, -0.2) is 0 Å². The fourth-order valence-corrected chi connectivity index (χ4v) is 2.74. The van der Waals surface area contributed by atoms with E-state index in [1.807, 2.05) is 12.1 Å². The number of methoxy groups -OCH3 is 2. The van der Waals surface area contributed by atoms with E-state index >= 15 is 0 Å². The predicted molar refractivity (Wildman–Crippen MR) is 79.5 cm³/mol. The summed E-state index contributed by atoms with van der Waals surface area (Å²) in [4.78, 5) is 0. The van der Waals surface area contributed by atoms with Gasteiger partial charge in [0.1, 0.15) is 0 Å². The molecule has 0 heterocycles. The van der Waals surface area contributed by atoms with Crippen molar-refractivity contribution in [2.24, 2.45) is 0 Å². The average molecular weight is 279 g/mol. The zero-order valence-corrected chi connectivity index (χ0v) is 12.4. The highest BCUT2D eigenvalue weighted by Gasteiger charge is 2.18. The third-order valence-electron chi connectivity index (χ3n) is 3.99. The van der Waals surface area contributed by atoms with Crippen LogP contribution in [-0.4, -0.2) is 38.0 Å². The second-order valence-corrected chi connectivity index (χ2v) is 5.40. The molecule has 112 valence electrons. The SMILES string of the molecule is COc1ccc(CCNC2CCC(O)CC2)cc1OC. The molecule has 0 bridgehead atoms. The second-order valence-electron chi connectivity index (χ2n) is 5.40. The third-order valence-corrected chi connectivity index (χ3v) is 3.99. The van der Waals surface area contributed by atoms with Crippen LogP contribution >= 0.6 is 0 Å². The van der Waals surface area contributed by atoms with E-state index in [0.717, 1.165) is 50.1 Å². The largest absolute Gasteiger partial charge is 0.493 e. The monoisotopic (exact) mass is 279 g/mol. The number of benzene rings is 1. The van der Waals surface area contributed by atoms with E-state index in [9.17, 15) is 5.11 Å². The first-order valence-electron chi connectivity index (χ1n) is 7.35. The topological polar surface area (TPSA) is 50.7 Å². The number of nitrogens with one attached hydrogen (secondary N) is 1. The molecule has 0 atom stereocenters. The van der Waals surface area contributed by atoms with Crippen molar-refractivity contribution in [1.29, 1.82) is 0 Å². The number of hydrogen-bond donors (Lipinski definition) is 2. The van der Waals surface area contributed by atoms with Gasteiger partial charge in [-0.2, -0.15) is 0 Å². The molecule has 0 saturated heterocycles. The van der Waals surface area contributed by atoms with Gasteiger partial charge in [-0.1, -0.05) is 6.07 Å². The number of aliphatic hydroxyl groups is 1. The second kappa shape index (κ2) is 7.50. The number of hydrogen-bond acceptors (Lipinski definition) is 4. The van der Waals surface area contributed by atoms with E-state index < -0.39 is 0 Å². The molecule has 0 spiro atoms. The summed E-state index contributed by atoms with van der Waals surface area (Å²) in [7, 11) is 3.31. The van der Waals surface area contributed by atoms with Gasteiger partial charge < -0.3 is 19.9 Å². The Hall–Kier alpha value is -1.26. The Kier molecular flexibility index (Phi) is 5.68. The van der Waals surface area contributed by atoms with Crippen molar-refractivity contribution in [2.45, 2.75) is 44.2 Å². The highest BCUT2D eigenvalue weighted by atomic mass is 16.5. The van der Waals surface area contributed by atoms with Gasteiger partial charge in [0.15, 0.2) is 11.5 Å². The molecule has 1 aliphatic rings. The number of rotatable bonds is 6. The summed E-state index contributed by atoms with van der Waals surface area (Å²) in [6.45, 7) is 0.955. The molecule has 20 heavy (non-hydrogen) atoms. The molecule has 4 heteroatoms. The Labute approximate surface area is 121 Å². The molecule has 2 rings (SSSR count). The van der Waals surface area contributed by atoms with E-state index in [-0.39, 0.29) is 6.10 Å². The maximum atomic E-state index is 9.48. The van der Waals surface area contributed by atoms with Crippen LogP contribution in [0.3, 0.4) is 0 Å². The molecule has 0 aliphatic heterocycles. The van der Waals surface area contributed by atoms with Gasteiger partial charge in [-0.3, -0.25) is 0 Å². The third kappa shape index (κ3) is 4.12. The van der Waals surface area contributed by atoms with E-state index in [1.165, 1.54) is 5.56 Å². The maximum Gasteiger partial charge on any atom is 0.160 e. The molecule has 0 unspecified atom stereocenters. The summed E-state index contributed by atoms with van der Waals surface area (Å²) in [5, 5.41) is 13.1. The lowest BCUT2D eigenvalue weighted by atomic mass is 9.93. The van der Waals surface area contributed by atoms with Crippen LogP contribution < -0.4 is 14.8 Å². The molecule has 1 aromatic rings. The first-order chi connectivity index (χ1) is 9.72. The Balaban J connectivity index is 1.79. The molecular formula is C16H25NO3. The molecule has 4 nitrogen and oxygen atoms in total. The summed E-state index contributed by atoms with van der Waals surface area (Å²) in [5.41, 5.74) is 1.24. The van der Waals surface area contributed by atoms with Gasteiger partial charge in [0, 0.05) is 6.04 Å². The number of ether oxygens (including phenoxy) is 2. The van der Waals surface area contributed by atoms with Crippen LogP contribution in [0.1, 0.15) is 31.2 Å². The van der Waals surface area contributed by atoms with Gasteiger partial charge in [0.2, 0.25) is 0 Å². The fourth-order valence-electron chi connectivity index (χ4n) is 2.74. The van der Waals surface area contributed by atoms with Gasteiger partial charge in [0.05, 0.1) is 20.3 Å². The van der Waals surface area contributed by atoms with Crippen LogP contribution in [0.4, 0.5) is 0 Å². The summed E-state index contributed by atoms with van der Waals surface area (Å²) in [6, 6.07) is 6.61. The Bertz CT molecular complexity index is 414. The van der Waals surface area contributed by atoms with Crippen molar-refractivity contribution < 1.29 is 14.6 Å². The molecule has 0 amide bonds. The Morgan fingerprint density at radius 1 is 1.10 bits per heavy atom. The van der Waals surface area contributed by atoms with Crippen LogP contribution in [0, 0.1) is 0 Å². The Morgan fingerprint density at radius 2 is 1.80 bits per heavy atom. The van der Waals surface area contributed by atoms with E-state index in [2.05, 4.69) is 11.4 Å².